The van der Waals surface area contributed by atoms with Crippen LogP contribution in [0.2, 0.25) is 18.1 Å². The van der Waals surface area contributed by atoms with Crippen LogP contribution >= 0.6 is 0 Å². The first-order chi connectivity index (χ1) is 9.98. The molecule has 6 heteroatoms. The van der Waals surface area contributed by atoms with Gasteiger partial charge in [0.25, 0.3) is 8.32 Å². The van der Waals surface area contributed by atoms with E-state index in [1.54, 1.807) is 18.2 Å². The number of methoxy groups -OCH3 is 1. The van der Waals surface area contributed by atoms with E-state index in [4.69, 9.17) is 9.16 Å². The van der Waals surface area contributed by atoms with Gasteiger partial charge in [0.05, 0.1) is 18.4 Å². The number of anilines is 1. The van der Waals surface area contributed by atoms with Gasteiger partial charge in [0.15, 0.2) is 0 Å². The van der Waals surface area contributed by atoms with E-state index in [9.17, 15) is 9.59 Å². The van der Waals surface area contributed by atoms with Crippen LogP contribution in [0.15, 0.2) is 18.2 Å². The molecule has 1 aromatic carbocycles. The molecule has 0 atom stereocenters. The summed E-state index contributed by atoms with van der Waals surface area (Å²) in [6.45, 7) is 12.0. The lowest BCUT2D eigenvalue weighted by Gasteiger charge is -2.37. The monoisotopic (exact) mass is 323 g/mol. The van der Waals surface area contributed by atoms with Crippen LogP contribution in [0.25, 0.3) is 0 Å². The van der Waals surface area contributed by atoms with Crippen LogP contribution in [-0.2, 0) is 9.53 Å². The SMILES string of the molecule is COC(=O)c1ccc(NC(C)=O)c(O[Si](C)(C)C(C)(C)C)c1. The van der Waals surface area contributed by atoms with Crippen molar-refractivity contribution in [2.24, 2.45) is 0 Å². The third-order valence-corrected chi connectivity index (χ3v) is 8.23. The van der Waals surface area contributed by atoms with E-state index >= 15 is 0 Å². The predicted molar refractivity (Wildman–Crippen MR) is 89.9 cm³/mol. The summed E-state index contributed by atoms with van der Waals surface area (Å²) < 4.78 is 11.0. The number of hydrogen-bond donors (Lipinski definition) is 1. The number of esters is 1. The number of nitrogens with one attached hydrogen (secondary N) is 1. The molecule has 0 aliphatic heterocycles. The second kappa shape index (κ2) is 6.52. The lowest BCUT2D eigenvalue weighted by molar-refractivity contribution is -0.114. The molecule has 0 aliphatic carbocycles. The highest BCUT2D eigenvalue weighted by molar-refractivity contribution is 6.74. The number of carbonyl (C=O) groups is 2. The maximum absolute atomic E-state index is 11.7. The summed E-state index contributed by atoms with van der Waals surface area (Å²) in [5.41, 5.74) is 0.954. The number of hydrogen-bond acceptors (Lipinski definition) is 4. The molecule has 0 radical (unpaired) electrons. The van der Waals surface area contributed by atoms with Crippen LogP contribution in [0.4, 0.5) is 5.69 Å². The van der Waals surface area contributed by atoms with Crippen LogP contribution in [0.5, 0.6) is 5.75 Å². The Morgan fingerprint density at radius 2 is 1.77 bits per heavy atom. The highest BCUT2D eigenvalue weighted by Gasteiger charge is 2.39. The maximum Gasteiger partial charge on any atom is 0.337 e. The van der Waals surface area contributed by atoms with Gasteiger partial charge in [0, 0.05) is 6.92 Å². The van der Waals surface area contributed by atoms with E-state index in [-0.39, 0.29) is 10.9 Å². The van der Waals surface area contributed by atoms with E-state index in [1.165, 1.54) is 14.0 Å². The number of ether oxygens (including phenoxy) is 1. The van der Waals surface area contributed by atoms with Gasteiger partial charge in [0.2, 0.25) is 5.91 Å². The van der Waals surface area contributed by atoms with E-state index < -0.39 is 14.3 Å². The predicted octanol–water partition coefficient (Wildman–Crippen LogP) is 3.82. The Morgan fingerprint density at radius 3 is 2.23 bits per heavy atom. The molecule has 1 N–H and O–H groups in total. The summed E-state index contributed by atoms with van der Waals surface area (Å²) in [6.07, 6.45) is 0. The minimum Gasteiger partial charge on any atom is -0.542 e. The molecule has 5 nitrogen and oxygen atoms in total. The Morgan fingerprint density at radius 1 is 1.18 bits per heavy atom. The summed E-state index contributed by atoms with van der Waals surface area (Å²) in [6, 6.07) is 4.89. The van der Waals surface area contributed by atoms with E-state index in [0.717, 1.165) is 0 Å². The van der Waals surface area contributed by atoms with Crippen LogP contribution in [0.1, 0.15) is 38.1 Å². The Hall–Kier alpha value is -1.82. The molecule has 1 rings (SSSR count). The largest absolute Gasteiger partial charge is 0.542 e. The zero-order valence-electron chi connectivity index (χ0n) is 14.4. The molecule has 1 aromatic rings. The van der Waals surface area contributed by atoms with Gasteiger partial charge in [-0.15, -0.1) is 0 Å². The van der Waals surface area contributed by atoms with Crippen molar-refractivity contribution in [1.82, 2.24) is 0 Å². The third kappa shape index (κ3) is 4.33. The van der Waals surface area contributed by atoms with E-state index in [2.05, 4.69) is 39.2 Å². The standard InChI is InChI=1S/C16H25NO4Si/c1-11(18)17-13-9-8-12(15(19)20-5)10-14(13)21-22(6,7)16(2,3)4/h8-10H,1-7H3,(H,17,18). The first-order valence-corrected chi connectivity index (χ1v) is 10.1. The van der Waals surface area contributed by atoms with Crippen molar-refractivity contribution in [3.8, 4) is 5.75 Å². The fourth-order valence-electron chi connectivity index (χ4n) is 1.57. The van der Waals surface area contributed by atoms with Crippen molar-refractivity contribution in [1.29, 1.82) is 0 Å². The Bertz CT molecular complexity index is 576. The second-order valence-electron chi connectivity index (χ2n) is 6.75. The van der Waals surface area contributed by atoms with Crippen molar-refractivity contribution in [2.75, 3.05) is 12.4 Å². The zero-order chi connectivity index (χ0) is 17.1. The molecule has 122 valence electrons. The van der Waals surface area contributed by atoms with Crippen molar-refractivity contribution in [2.45, 2.75) is 45.8 Å². The average molecular weight is 323 g/mol. The van der Waals surface area contributed by atoms with Gasteiger partial charge in [-0.3, -0.25) is 4.79 Å². The van der Waals surface area contributed by atoms with Crippen LogP contribution in [0.3, 0.4) is 0 Å². The fourth-order valence-corrected chi connectivity index (χ4v) is 2.60. The Labute approximate surface area is 133 Å². The molecule has 0 fully saturated rings. The molecule has 0 heterocycles. The molecule has 0 aromatic heterocycles. The van der Waals surface area contributed by atoms with Crippen LogP contribution in [0, 0.1) is 0 Å². The molecule has 0 saturated carbocycles. The van der Waals surface area contributed by atoms with Crippen LogP contribution in [-0.4, -0.2) is 27.3 Å². The molecule has 0 aliphatic rings. The number of carbonyl (C=O) groups excluding carboxylic acids is 2. The fraction of sp³-hybridized carbons (Fsp3) is 0.500. The van der Waals surface area contributed by atoms with Gasteiger partial charge in [-0.25, -0.2) is 4.79 Å². The quantitative estimate of drug-likeness (QED) is 0.676. The maximum atomic E-state index is 11.7. The molecule has 0 saturated heterocycles. The second-order valence-corrected chi connectivity index (χ2v) is 11.5. The molecule has 0 spiro atoms. The van der Waals surface area contributed by atoms with E-state index in [0.29, 0.717) is 17.0 Å². The van der Waals surface area contributed by atoms with Gasteiger partial charge >= 0.3 is 5.97 Å². The number of amides is 1. The Kier molecular flexibility index (Phi) is 5.40. The molecule has 0 bridgehead atoms. The van der Waals surface area contributed by atoms with Gasteiger partial charge in [-0.05, 0) is 36.3 Å². The highest BCUT2D eigenvalue weighted by Crippen LogP contribution is 2.39. The summed E-state index contributed by atoms with van der Waals surface area (Å²) in [7, 11) is -0.768. The van der Waals surface area contributed by atoms with Crippen LogP contribution < -0.4 is 9.74 Å². The molecule has 22 heavy (non-hydrogen) atoms. The molecule has 0 unspecified atom stereocenters. The lowest BCUT2D eigenvalue weighted by atomic mass is 10.2. The first kappa shape index (κ1) is 18.2. The molecular weight excluding hydrogens is 298 g/mol. The van der Waals surface area contributed by atoms with Gasteiger partial charge < -0.3 is 14.5 Å². The summed E-state index contributed by atoms with van der Waals surface area (Å²) in [4.78, 5) is 23.1. The van der Waals surface area contributed by atoms with E-state index in [1.807, 2.05) is 0 Å². The van der Waals surface area contributed by atoms with Gasteiger partial charge in [0.1, 0.15) is 5.75 Å². The highest BCUT2D eigenvalue weighted by atomic mass is 28.4. The lowest BCUT2D eigenvalue weighted by Crippen LogP contribution is -2.44. The smallest absolute Gasteiger partial charge is 0.337 e. The minimum absolute atomic E-state index is 0.00175. The van der Waals surface area contributed by atoms with Crippen molar-refractivity contribution in [3.05, 3.63) is 23.8 Å². The summed E-state index contributed by atoms with van der Waals surface area (Å²) in [5.74, 6) is -0.120. The first-order valence-electron chi connectivity index (χ1n) is 7.17. The number of benzene rings is 1. The topological polar surface area (TPSA) is 64.6 Å². The average Bonchev–Trinajstić information content (AvgIpc) is 2.37. The minimum atomic E-state index is -2.10. The zero-order valence-corrected chi connectivity index (χ0v) is 15.4. The third-order valence-electron chi connectivity index (χ3n) is 3.88. The summed E-state index contributed by atoms with van der Waals surface area (Å²) in [5, 5.41) is 2.74. The molecular formula is C16H25NO4Si. The molecule has 1 amide bonds. The van der Waals surface area contributed by atoms with Crippen molar-refractivity contribution >= 4 is 25.9 Å². The van der Waals surface area contributed by atoms with Crippen molar-refractivity contribution in [3.63, 3.8) is 0 Å². The van der Waals surface area contributed by atoms with Gasteiger partial charge in [-0.1, -0.05) is 20.8 Å². The Balaban J connectivity index is 3.28. The summed E-state index contributed by atoms with van der Waals surface area (Å²) >= 11 is 0. The number of rotatable bonds is 4. The normalized spacial score (nSPS) is 11.8. The van der Waals surface area contributed by atoms with Gasteiger partial charge in [-0.2, -0.15) is 0 Å². The van der Waals surface area contributed by atoms with Crippen molar-refractivity contribution < 1.29 is 18.8 Å².